The van der Waals surface area contributed by atoms with Crippen molar-refractivity contribution in [3.63, 3.8) is 0 Å². The summed E-state index contributed by atoms with van der Waals surface area (Å²) in [4.78, 5) is 11.9. The lowest BCUT2D eigenvalue weighted by molar-refractivity contribution is 0.102. The van der Waals surface area contributed by atoms with Crippen molar-refractivity contribution in [3.05, 3.63) is 58.6 Å². The summed E-state index contributed by atoms with van der Waals surface area (Å²) in [5.41, 5.74) is 0.432. The van der Waals surface area contributed by atoms with E-state index in [4.69, 9.17) is 16.3 Å². The third-order valence-electron chi connectivity index (χ3n) is 2.59. The van der Waals surface area contributed by atoms with Crippen molar-refractivity contribution in [1.29, 1.82) is 0 Å². The standard InChI is InChI=1S/C14H10ClF2NO2/c1-20-13-5-3-9(7-10(13)15)18-14(19)8-2-4-11(16)12(17)6-8/h2-7H,1H3,(H,18,19). The van der Waals surface area contributed by atoms with Gasteiger partial charge < -0.3 is 10.1 Å². The van der Waals surface area contributed by atoms with Gasteiger partial charge in [-0.2, -0.15) is 0 Å². The molecule has 0 unspecified atom stereocenters. The van der Waals surface area contributed by atoms with E-state index in [1.54, 1.807) is 12.1 Å². The molecule has 0 aliphatic carbocycles. The van der Waals surface area contributed by atoms with E-state index in [9.17, 15) is 13.6 Å². The normalized spacial score (nSPS) is 10.2. The van der Waals surface area contributed by atoms with Crippen molar-refractivity contribution in [1.82, 2.24) is 0 Å². The number of rotatable bonds is 3. The van der Waals surface area contributed by atoms with E-state index in [0.29, 0.717) is 16.5 Å². The molecule has 2 rings (SSSR count). The second kappa shape index (κ2) is 5.88. The van der Waals surface area contributed by atoms with Crippen LogP contribution in [0.15, 0.2) is 36.4 Å². The molecule has 0 spiro atoms. The van der Waals surface area contributed by atoms with Crippen molar-refractivity contribution >= 4 is 23.2 Å². The first-order chi connectivity index (χ1) is 9.51. The predicted octanol–water partition coefficient (Wildman–Crippen LogP) is 3.88. The average Bonchev–Trinajstić information content (AvgIpc) is 2.42. The molecule has 0 aromatic heterocycles. The first-order valence-electron chi connectivity index (χ1n) is 5.61. The van der Waals surface area contributed by atoms with E-state index >= 15 is 0 Å². The lowest BCUT2D eigenvalue weighted by Gasteiger charge is -2.08. The lowest BCUT2D eigenvalue weighted by Crippen LogP contribution is -2.12. The van der Waals surface area contributed by atoms with Crippen LogP contribution in [-0.2, 0) is 0 Å². The Bertz CT molecular complexity index is 662. The number of ether oxygens (including phenoxy) is 1. The monoisotopic (exact) mass is 297 g/mol. The number of carbonyl (C=O) groups is 1. The molecule has 0 atom stereocenters. The van der Waals surface area contributed by atoms with Gasteiger partial charge in [0.1, 0.15) is 5.75 Å². The SMILES string of the molecule is COc1ccc(NC(=O)c2ccc(F)c(F)c2)cc1Cl. The molecule has 1 N–H and O–H groups in total. The van der Waals surface area contributed by atoms with Gasteiger partial charge in [0.15, 0.2) is 11.6 Å². The summed E-state index contributed by atoms with van der Waals surface area (Å²) < 4.78 is 30.8. The Morgan fingerprint density at radius 2 is 1.90 bits per heavy atom. The van der Waals surface area contributed by atoms with Crippen LogP contribution >= 0.6 is 11.6 Å². The Balaban J connectivity index is 2.19. The molecule has 1 amide bonds. The van der Waals surface area contributed by atoms with Crippen LogP contribution in [0.5, 0.6) is 5.75 Å². The van der Waals surface area contributed by atoms with Crippen LogP contribution in [-0.4, -0.2) is 13.0 Å². The molecule has 0 radical (unpaired) electrons. The maximum Gasteiger partial charge on any atom is 0.255 e. The molecule has 104 valence electrons. The molecule has 0 saturated heterocycles. The van der Waals surface area contributed by atoms with E-state index in [2.05, 4.69) is 5.32 Å². The van der Waals surface area contributed by atoms with Crippen LogP contribution < -0.4 is 10.1 Å². The van der Waals surface area contributed by atoms with Gasteiger partial charge in [-0.05, 0) is 36.4 Å². The number of anilines is 1. The van der Waals surface area contributed by atoms with Gasteiger partial charge in [0.2, 0.25) is 0 Å². The number of methoxy groups -OCH3 is 1. The lowest BCUT2D eigenvalue weighted by atomic mass is 10.2. The molecule has 6 heteroatoms. The minimum absolute atomic E-state index is 0.0100. The second-order valence-electron chi connectivity index (χ2n) is 3.93. The van der Waals surface area contributed by atoms with Gasteiger partial charge in [-0.3, -0.25) is 4.79 Å². The molecular weight excluding hydrogens is 288 g/mol. The molecule has 0 aliphatic rings. The Morgan fingerprint density at radius 1 is 1.15 bits per heavy atom. The van der Waals surface area contributed by atoms with Gasteiger partial charge in [-0.1, -0.05) is 11.6 Å². The van der Waals surface area contributed by atoms with Crippen LogP contribution in [0.25, 0.3) is 0 Å². The molecule has 3 nitrogen and oxygen atoms in total. The summed E-state index contributed by atoms with van der Waals surface area (Å²) in [5.74, 6) is -2.18. The van der Waals surface area contributed by atoms with E-state index in [1.165, 1.54) is 19.2 Å². The summed E-state index contributed by atoms with van der Waals surface area (Å²) in [6, 6.07) is 7.59. The first kappa shape index (κ1) is 14.3. The average molecular weight is 298 g/mol. The number of hydrogen-bond acceptors (Lipinski definition) is 2. The summed E-state index contributed by atoms with van der Waals surface area (Å²) in [5, 5.41) is 2.86. The number of halogens is 3. The molecule has 0 aliphatic heterocycles. The molecule has 0 saturated carbocycles. The summed E-state index contributed by atoms with van der Waals surface area (Å²) >= 11 is 5.92. The zero-order valence-electron chi connectivity index (χ0n) is 10.4. The summed E-state index contributed by atoms with van der Waals surface area (Å²) in [6.45, 7) is 0. The molecule has 0 fully saturated rings. The zero-order valence-corrected chi connectivity index (χ0v) is 11.2. The maximum atomic E-state index is 13.0. The van der Waals surface area contributed by atoms with Crippen LogP contribution in [0.3, 0.4) is 0 Å². The van der Waals surface area contributed by atoms with Crippen molar-refractivity contribution in [3.8, 4) is 5.75 Å². The molecule has 2 aromatic carbocycles. The third kappa shape index (κ3) is 3.05. The zero-order chi connectivity index (χ0) is 14.7. The highest BCUT2D eigenvalue weighted by atomic mass is 35.5. The Kier molecular flexibility index (Phi) is 4.20. The van der Waals surface area contributed by atoms with Gasteiger partial charge >= 0.3 is 0 Å². The predicted molar refractivity (Wildman–Crippen MR) is 72.3 cm³/mol. The van der Waals surface area contributed by atoms with Crippen molar-refractivity contribution in [2.45, 2.75) is 0 Å². The molecule has 0 bridgehead atoms. The number of nitrogens with one attached hydrogen (secondary N) is 1. The number of benzene rings is 2. The Morgan fingerprint density at radius 3 is 2.50 bits per heavy atom. The van der Waals surface area contributed by atoms with Gasteiger partial charge in [0.05, 0.1) is 12.1 Å². The minimum Gasteiger partial charge on any atom is -0.495 e. The largest absolute Gasteiger partial charge is 0.495 e. The fourth-order valence-electron chi connectivity index (χ4n) is 1.58. The first-order valence-corrected chi connectivity index (χ1v) is 5.99. The maximum absolute atomic E-state index is 13.0. The summed E-state index contributed by atoms with van der Waals surface area (Å²) in [7, 11) is 1.47. The van der Waals surface area contributed by atoms with Crippen LogP contribution in [0, 0.1) is 11.6 Å². The topological polar surface area (TPSA) is 38.3 Å². The smallest absolute Gasteiger partial charge is 0.255 e. The van der Waals surface area contributed by atoms with E-state index in [1.807, 2.05) is 0 Å². The van der Waals surface area contributed by atoms with Crippen molar-refractivity contribution < 1.29 is 18.3 Å². The number of hydrogen-bond donors (Lipinski definition) is 1. The molecular formula is C14H10ClF2NO2. The van der Waals surface area contributed by atoms with E-state index in [0.717, 1.165) is 12.1 Å². The fraction of sp³-hybridized carbons (Fsp3) is 0.0714. The van der Waals surface area contributed by atoms with E-state index in [-0.39, 0.29) is 5.56 Å². The van der Waals surface area contributed by atoms with Gasteiger partial charge in [0, 0.05) is 11.3 Å². The number of amides is 1. The van der Waals surface area contributed by atoms with Gasteiger partial charge in [-0.25, -0.2) is 8.78 Å². The quantitative estimate of drug-likeness (QED) is 0.933. The van der Waals surface area contributed by atoms with Crippen LogP contribution in [0.2, 0.25) is 5.02 Å². The highest BCUT2D eigenvalue weighted by molar-refractivity contribution is 6.32. The second-order valence-corrected chi connectivity index (χ2v) is 4.34. The Hall–Kier alpha value is -2.14. The van der Waals surface area contributed by atoms with Gasteiger partial charge in [-0.15, -0.1) is 0 Å². The Labute approximate surface area is 119 Å². The molecule has 2 aromatic rings. The summed E-state index contributed by atoms with van der Waals surface area (Å²) in [6.07, 6.45) is 0. The highest BCUT2D eigenvalue weighted by Crippen LogP contribution is 2.27. The van der Waals surface area contributed by atoms with Gasteiger partial charge in [0.25, 0.3) is 5.91 Å². The third-order valence-corrected chi connectivity index (χ3v) is 2.89. The number of carbonyl (C=O) groups excluding carboxylic acids is 1. The highest BCUT2D eigenvalue weighted by Gasteiger charge is 2.11. The van der Waals surface area contributed by atoms with Crippen molar-refractivity contribution in [2.75, 3.05) is 12.4 Å². The molecule has 0 heterocycles. The fourth-order valence-corrected chi connectivity index (χ4v) is 1.84. The van der Waals surface area contributed by atoms with Crippen LogP contribution in [0.1, 0.15) is 10.4 Å². The van der Waals surface area contributed by atoms with E-state index < -0.39 is 17.5 Å². The van der Waals surface area contributed by atoms with Crippen LogP contribution in [0.4, 0.5) is 14.5 Å². The molecule has 20 heavy (non-hydrogen) atoms. The van der Waals surface area contributed by atoms with Crippen molar-refractivity contribution in [2.24, 2.45) is 0 Å². The minimum atomic E-state index is -1.08.